The van der Waals surface area contributed by atoms with E-state index in [2.05, 4.69) is 4.98 Å². The Kier molecular flexibility index (Phi) is 4.47. The zero-order valence-electron chi connectivity index (χ0n) is 9.66. The summed E-state index contributed by atoms with van der Waals surface area (Å²) in [4.78, 5) is 3.70. The van der Waals surface area contributed by atoms with Crippen LogP contribution in [0.4, 0.5) is 13.2 Å². The molecule has 0 radical (unpaired) electrons. The van der Waals surface area contributed by atoms with Gasteiger partial charge in [0.2, 0.25) is 0 Å². The number of halogens is 3. The smallest absolute Gasteiger partial charge is 0.379 e. The number of ether oxygens (including phenoxy) is 1. The number of hydrogen-bond donors (Lipinski definition) is 1. The second-order valence-corrected chi connectivity index (χ2v) is 3.67. The summed E-state index contributed by atoms with van der Waals surface area (Å²) in [6, 6.07) is 0.0905. The fraction of sp³-hybridized carbons (Fsp3) is 0.545. The Bertz CT molecular complexity index is 364. The van der Waals surface area contributed by atoms with Crippen LogP contribution >= 0.6 is 0 Å². The molecule has 0 aliphatic carbocycles. The summed E-state index contributed by atoms with van der Waals surface area (Å²) in [6.07, 6.45) is -2.10. The lowest BCUT2D eigenvalue weighted by Gasteiger charge is -2.24. The fourth-order valence-corrected chi connectivity index (χ4v) is 1.70. The van der Waals surface area contributed by atoms with Crippen LogP contribution in [0, 0.1) is 0 Å². The zero-order chi connectivity index (χ0) is 13.1. The fourth-order valence-electron chi connectivity index (χ4n) is 1.70. The number of alkyl halides is 3. The largest absolute Gasteiger partial charge is 0.416 e. The molecule has 2 unspecified atom stereocenters. The highest BCUT2D eigenvalue weighted by Gasteiger charge is 2.35. The Balaban J connectivity index is 3.13. The molecule has 0 bridgehead atoms. The molecule has 1 rings (SSSR count). The molecule has 0 fully saturated rings. The van der Waals surface area contributed by atoms with Gasteiger partial charge in [0.05, 0.1) is 17.7 Å². The lowest BCUT2D eigenvalue weighted by molar-refractivity contribution is -0.138. The van der Waals surface area contributed by atoms with E-state index in [0.29, 0.717) is 6.42 Å². The van der Waals surface area contributed by atoms with Crippen molar-refractivity contribution in [3.63, 3.8) is 0 Å². The number of methoxy groups -OCH3 is 1. The van der Waals surface area contributed by atoms with Crippen LogP contribution in [-0.4, -0.2) is 18.2 Å². The molecule has 1 heterocycles. The minimum atomic E-state index is -4.43. The van der Waals surface area contributed by atoms with E-state index in [1.807, 2.05) is 0 Å². The number of aromatic nitrogens is 1. The highest BCUT2D eigenvalue weighted by Crippen LogP contribution is 2.34. The van der Waals surface area contributed by atoms with Gasteiger partial charge < -0.3 is 10.5 Å². The maximum Gasteiger partial charge on any atom is 0.416 e. The summed E-state index contributed by atoms with van der Waals surface area (Å²) in [5.74, 6) is 0. The van der Waals surface area contributed by atoms with Crippen LogP contribution < -0.4 is 5.73 Å². The van der Waals surface area contributed by atoms with E-state index >= 15 is 0 Å². The molecule has 0 spiro atoms. The summed E-state index contributed by atoms with van der Waals surface area (Å²) in [5.41, 5.74) is 5.00. The van der Waals surface area contributed by atoms with Gasteiger partial charge >= 0.3 is 6.18 Å². The monoisotopic (exact) mass is 248 g/mol. The molecular weight excluding hydrogens is 233 g/mol. The second-order valence-electron chi connectivity index (χ2n) is 3.67. The van der Waals surface area contributed by atoms with Crippen LogP contribution in [0.1, 0.15) is 30.5 Å². The van der Waals surface area contributed by atoms with Gasteiger partial charge in [-0.05, 0) is 12.5 Å². The first-order chi connectivity index (χ1) is 7.91. The number of rotatable bonds is 4. The van der Waals surface area contributed by atoms with E-state index in [-0.39, 0.29) is 5.56 Å². The van der Waals surface area contributed by atoms with Gasteiger partial charge in [0.15, 0.2) is 0 Å². The number of pyridine rings is 1. The molecule has 0 aliphatic rings. The van der Waals surface area contributed by atoms with Crippen LogP contribution in [0.3, 0.4) is 0 Å². The predicted octanol–water partition coefficient (Wildman–Crippen LogP) is 2.53. The van der Waals surface area contributed by atoms with Gasteiger partial charge in [-0.2, -0.15) is 13.2 Å². The average Bonchev–Trinajstić information content (AvgIpc) is 2.29. The first-order valence-corrected chi connectivity index (χ1v) is 5.21. The Hall–Kier alpha value is -1.14. The summed E-state index contributed by atoms with van der Waals surface area (Å²) < 4.78 is 43.3. The summed E-state index contributed by atoms with van der Waals surface area (Å²) in [6.45, 7) is 1.80. The number of nitrogens with zero attached hydrogens (tertiary/aromatic N) is 1. The minimum Gasteiger partial charge on any atom is -0.379 e. The molecule has 0 amide bonds. The van der Waals surface area contributed by atoms with E-state index in [4.69, 9.17) is 10.5 Å². The molecule has 0 aromatic carbocycles. The van der Waals surface area contributed by atoms with Crippen molar-refractivity contribution in [2.75, 3.05) is 7.11 Å². The standard InChI is InChI=1S/C11H15F3N2O/c1-3-9(17-2)10(15)7-6-16-5-4-8(7)11(12,13)14/h4-6,9-10H,3,15H2,1-2H3. The molecule has 1 aromatic heterocycles. The molecule has 1 aromatic rings. The molecule has 96 valence electrons. The van der Waals surface area contributed by atoms with Crippen molar-refractivity contribution in [3.05, 3.63) is 29.6 Å². The topological polar surface area (TPSA) is 48.1 Å². The quantitative estimate of drug-likeness (QED) is 0.890. The highest BCUT2D eigenvalue weighted by molar-refractivity contribution is 5.29. The Morgan fingerprint density at radius 2 is 2.12 bits per heavy atom. The lowest BCUT2D eigenvalue weighted by Crippen LogP contribution is -2.29. The van der Waals surface area contributed by atoms with E-state index in [9.17, 15) is 13.2 Å². The van der Waals surface area contributed by atoms with E-state index in [1.165, 1.54) is 7.11 Å². The van der Waals surface area contributed by atoms with Crippen molar-refractivity contribution in [2.24, 2.45) is 5.73 Å². The molecule has 2 N–H and O–H groups in total. The number of hydrogen-bond acceptors (Lipinski definition) is 3. The molecule has 0 saturated heterocycles. The molecule has 0 saturated carbocycles. The third-order valence-electron chi connectivity index (χ3n) is 2.62. The van der Waals surface area contributed by atoms with Gasteiger partial charge in [-0.3, -0.25) is 4.98 Å². The van der Waals surface area contributed by atoms with Gasteiger partial charge in [0.1, 0.15) is 0 Å². The molecule has 0 aliphatic heterocycles. The van der Waals surface area contributed by atoms with Crippen molar-refractivity contribution in [2.45, 2.75) is 31.7 Å². The maximum atomic E-state index is 12.8. The van der Waals surface area contributed by atoms with Gasteiger partial charge in [-0.15, -0.1) is 0 Å². The molecular formula is C11H15F3N2O. The molecule has 6 heteroatoms. The molecule has 3 nitrogen and oxygen atoms in total. The van der Waals surface area contributed by atoms with E-state index in [0.717, 1.165) is 18.5 Å². The predicted molar refractivity (Wildman–Crippen MR) is 57.3 cm³/mol. The van der Waals surface area contributed by atoms with Crippen molar-refractivity contribution in [1.82, 2.24) is 4.98 Å². The molecule has 17 heavy (non-hydrogen) atoms. The third kappa shape index (κ3) is 3.17. The number of nitrogens with two attached hydrogens (primary N) is 1. The third-order valence-corrected chi connectivity index (χ3v) is 2.62. The summed E-state index contributed by atoms with van der Waals surface area (Å²) >= 11 is 0. The minimum absolute atomic E-state index is 0.0336. The second kappa shape index (κ2) is 5.46. The van der Waals surface area contributed by atoms with Crippen molar-refractivity contribution < 1.29 is 17.9 Å². The highest BCUT2D eigenvalue weighted by atomic mass is 19.4. The van der Waals surface area contributed by atoms with Crippen molar-refractivity contribution >= 4 is 0 Å². The van der Waals surface area contributed by atoms with Crippen LogP contribution in [0.5, 0.6) is 0 Å². The van der Waals surface area contributed by atoms with E-state index < -0.39 is 23.9 Å². The first kappa shape index (κ1) is 13.9. The zero-order valence-corrected chi connectivity index (χ0v) is 9.66. The summed E-state index contributed by atoms with van der Waals surface area (Å²) in [5, 5.41) is 0. The van der Waals surface area contributed by atoms with Crippen LogP contribution in [0.2, 0.25) is 0 Å². The Labute approximate surface area is 97.8 Å². The summed E-state index contributed by atoms with van der Waals surface area (Å²) in [7, 11) is 1.43. The van der Waals surface area contributed by atoms with Crippen LogP contribution in [0.15, 0.2) is 18.5 Å². The normalized spacial score (nSPS) is 15.6. The van der Waals surface area contributed by atoms with Gasteiger partial charge in [0, 0.05) is 25.1 Å². The molecule has 2 atom stereocenters. The van der Waals surface area contributed by atoms with Gasteiger partial charge in [0.25, 0.3) is 0 Å². The van der Waals surface area contributed by atoms with Crippen LogP contribution in [-0.2, 0) is 10.9 Å². The van der Waals surface area contributed by atoms with Gasteiger partial charge in [-0.1, -0.05) is 6.92 Å². The van der Waals surface area contributed by atoms with Crippen molar-refractivity contribution in [3.8, 4) is 0 Å². The Morgan fingerprint density at radius 1 is 1.47 bits per heavy atom. The van der Waals surface area contributed by atoms with Gasteiger partial charge in [-0.25, -0.2) is 0 Å². The average molecular weight is 248 g/mol. The Morgan fingerprint density at radius 3 is 2.59 bits per heavy atom. The van der Waals surface area contributed by atoms with Crippen molar-refractivity contribution in [1.29, 1.82) is 0 Å². The first-order valence-electron chi connectivity index (χ1n) is 5.21. The van der Waals surface area contributed by atoms with Crippen LogP contribution in [0.25, 0.3) is 0 Å². The van der Waals surface area contributed by atoms with E-state index in [1.54, 1.807) is 6.92 Å². The lowest BCUT2D eigenvalue weighted by atomic mass is 9.97. The SMILES string of the molecule is CCC(OC)C(N)c1cnccc1C(F)(F)F. The maximum absolute atomic E-state index is 12.8.